The van der Waals surface area contributed by atoms with Crippen molar-refractivity contribution < 1.29 is 38.2 Å². The van der Waals surface area contributed by atoms with Crippen LogP contribution >= 0.6 is 0 Å². The van der Waals surface area contributed by atoms with Crippen LogP contribution in [0.15, 0.2) is 0 Å². The SMILES string of the molecule is COC(=O)[C@@H](CCCNC(=O)OC(C)(C)C)NC(=O)[C@@H](C)NC(=O)[C@H](N)CCCNC(=O)OC(C)(C)C. The lowest BCUT2D eigenvalue weighted by atomic mass is 10.1. The molecule has 214 valence electrons. The molecule has 3 atom stereocenters. The van der Waals surface area contributed by atoms with Crippen molar-refractivity contribution in [2.24, 2.45) is 5.73 Å². The van der Waals surface area contributed by atoms with Crippen LogP contribution in [0.2, 0.25) is 0 Å². The number of rotatable bonds is 13. The fourth-order valence-electron chi connectivity index (χ4n) is 2.84. The second kappa shape index (κ2) is 15.9. The highest BCUT2D eigenvalue weighted by Crippen LogP contribution is 2.08. The number of amides is 4. The summed E-state index contributed by atoms with van der Waals surface area (Å²) in [6, 6.07) is -2.83. The van der Waals surface area contributed by atoms with Crippen molar-refractivity contribution in [2.45, 2.75) is 103 Å². The maximum absolute atomic E-state index is 12.6. The van der Waals surface area contributed by atoms with Gasteiger partial charge < -0.3 is 41.2 Å². The Kier molecular flexibility index (Phi) is 14.6. The molecule has 4 amide bonds. The Balaban J connectivity index is 4.53. The van der Waals surface area contributed by atoms with Gasteiger partial charge in [0.05, 0.1) is 13.2 Å². The number of methoxy groups -OCH3 is 1. The number of alkyl carbamates (subject to hydrolysis) is 2. The van der Waals surface area contributed by atoms with Crippen LogP contribution in [0.4, 0.5) is 9.59 Å². The Bertz CT molecular complexity index is 776. The number of ether oxygens (including phenoxy) is 3. The lowest BCUT2D eigenvalue weighted by molar-refractivity contribution is -0.145. The van der Waals surface area contributed by atoms with Crippen LogP contribution in [0.3, 0.4) is 0 Å². The minimum absolute atomic E-state index is 0.193. The van der Waals surface area contributed by atoms with E-state index in [4.69, 9.17) is 19.9 Å². The van der Waals surface area contributed by atoms with Crippen LogP contribution in [-0.2, 0) is 28.6 Å². The lowest BCUT2D eigenvalue weighted by Gasteiger charge is -2.22. The molecule has 0 aliphatic heterocycles. The molecule has 0 bridgehead atoms. The van der Waals surface area contributed by atoms with E-state index in [9.17, 15) is 24.0 Å². The van der Waals surface area contributed by atoms with Crippen LogP contribution < -0.4 is 27.0 Å². The summed E-state index contributed by atoms with van der Waals surface area (Å²) in [6.07, 6.45) is 0.110. The summed E-state index contributed by atoms with van der Waals surface area (Å²) in [7, 11) is 1.20. The topological polar surface area (TPSA) is 187 Å². The molecule has 13 nitrogen and oxygen atoms in total. The van der Waals surface area contributed by atoms with Gasteiger partial charge in [-0.1, -0.05) is 0 Å². The number of nitrogens with one attached hydrogen (secondary N) is 4. The van der Waals surface area contributed by atoms with E-state index in [1.807, 2.05) is 0 Å². The van der Waals surface area contributed by atoms with Crippen LogP contribution in [0.1, 0.15) is 74.1 Å². The molecule has 0 saturated heterocycles. The van der Waals surface area contributed by atoms with Gasteiger partial charge >= 0.3 is 18.2 Å². The molecule has 6 N–H and O–H groups in total. The molecule has 0 radical (unpaired) electrons. The molecular formula is C24H45N5O8. The first-order valence-electron chi connectivity index (χ1n) is 12.3. The molecule has 0 rings (SSSR count). The van der Waals surface area contributed by atoms with Crippen LogP contribution in [0.5, 0.6) is 0 Å². The molecule has 0 fully saturated rings. The Hall–Kier alpha value is -3.09. The van der Waals surface area contributed by atoms with Gasteiger partial charge in [0, 0.05) is 13.1 Å². The van der Waals surface area contributed by atoms with Crippen molar-refractivity contribution in [3.8, 4) is 0 Å². The van der Waals surface area contributed by atoms with Crippen LogP contribution in [-0.4, -0.2) is 79.5 Å². The minimum Gasteiger partial charge on any atom is -0.467 e. The number of carbonyl (C=O) groups excluding carboxylic acids is 5. The number of hydrogen-bond donors (Lipinski definition) is 5. The summed E-state index contributed by atoms with van der Waals surface area (Å²) < 4.78 is 15.0. The number of carbonyl (C=O) groups is 5. The van der Waals surface area contributed by atoms with Gasteiger partial charge in [-0.15, -0.1) is 0 Å². The van der Waals surface area contributed by atoms with E-state index in [2.05, 4.69) is 21.3 Å². The Morgan fingerprint density at radius 3 is 1.65 bits per heavy atom. The van der Waals surface area contributed by atoms with Crippen molar-refractivity contribution in [1.29, 1.82) is 0 Å². The zero-order chi connectivity index (χ0) is 28.8. The normalized spacial score (nSPS) is 13.9. The van der Waals surface area contributed by atoms with Gasteiger partial charge in [-0.25, -0.2) is 14.4 Å². The molecular weight excluding hydrogens is 486 g/mol. The van der Waals surface area contributed by atoms with Gasteiger partial charge in [-0.3, -0.25) is 9.59 Å². The smallest absolute Gasteiger partial charge is 0.407 e. The van der Waals surface area contributed by atoms with Crippen LogP contribution in [0.25, 0.3) is 0 Å². The zero-order valence-electron chi connectivity index (χ0n) is 23.3. The maximum Gasteiger partial charge on any atom is 0.407 e. The monoisotopic (exact) mass is 531 g/mol. The molecule has 0 aliphatic carbocycles. The second-order valence-corrected chi connectivity index (χ2v) is 10.6. The summed E-state index contributed by atoms with van der Waals surface area (Å²) >= 11 is 0. The van der Waals surface area contributed by atoms with E-state index < -0.39 is 59.3 Å². The quantitative estimate of drug-likeness (QED) is 0.132. The van der Waals surface area contributed by atoms with E-state index in [1.54, 1.807) is 41.5 Å². The molecule has 0 aromatic rings. The van der Waals surface area contributed by atoms with Crippen molar-refractivity contribution in [1.82, 2.24) is 21.3 Å². The summed E-state index contributed by atoms with van der Waals surface area (Å²) in [5.41, 5.74) is 4.65. The van der Waals surface area contributed by atoms with Crippen molar-refractivity contribution >= 4 is 30.0 Å². The number of esters is 1. The molecule has 0 heterocycles. The van der Waals surface area contributed by atoms with Gasteiger partial charge in [-0.2, -0.15) is 0 Å². The van der Waals surface area contributed by atoms with Crippen molar-refractivity contribution in [3.05, 3.63) is 0 Å². The Morgan fingerprint density at radius 2 is 1.22 bits per heavy atom. The highest BCUT2D eigenvalue weighted by atomic mass is 16.6. The summed E-state index contributed by atoms with van der Waals surface area (Å²) in [5, 5.41) is 10.2. The highest BCUT2D eigenvalue weighted by molar-refractivity contribution is 5.91. The van der Waals surface area contributed by atoms with E-state index in [0.717, 1.165) is 0 Å². The molecule has 0 spiro atoms. The molecule has 13 heteroatoms. The fourth-order valence-corrected chi connectivity index (χ4v) is 2.84. The second-order valence-electron chi connectivity index (χ2n) is 10.6. The summed E-state index contributed by atoms with van der Waals surface area (Å²) in [5.74, 6) is -1.79. The van der Waals surface area contributed by atoms with E-state index in [0.29, 0.717) is 12.8 Å². The summed E-state index contributed by atoms with van der Waals surface area (Å²) in [4.78, 5) is 60.3. The van der Waals surface area contributed by atoms with Gasteiger partial charge in [0.15, 0.2) is 0 Å². The average molecular weight is 532 g/mol. The minimum atomic E-state index is -0.968. The molecule has 0 unspecified atom stereocenters. The molecule has 0 saturated carbocycles. The maximum atomic E-state index is 12.6. The lowest BCUT2D eigenvalue weighted by Crippen LogP contribution is -2.53. The highest BCUT2D eigenvalue weighted by Gasteiger charge is 2.26. The standard InChI is InChI=1S/C24H45N5O8/c1-15(28-19(31)16(25)11-9-13-26-21(33)36-23(2,3)4)18(30)29-17(20(32)35-8)12-10-14-27-22(34)37-24(5,6)7/h15-17H,9-14,25H2,1-8H3,(H,26,33)(H,27,34)(H,28,31)(H,29,30)/t15-,16-,17-/m1/s1. The average Bonchev–Trinajstić information content (AvgIpc) is 2.75. The molecule has 0 aliphatic rings. The number of nitrogens with two attached hydrogens (primary N) is 1. The van der Waals surface area contributed by atoms with Gasteiger partial charge in [-0.05, 0) is 74.1 Å². The first kappa shape index (κ1) is 33.9. The van der Waals surface area contributed by atoms with E-state index >= 15 is 0 Å². The number of hydrogen-bond acceptors (Lipinski definition) is 9. The first-order valence-corrected chi connectivity index (χ1v) is 12.3. The first-order chi connectivity index (χ1) is 16.9. The van der Waals surface area contributed by atoms with E-state index in [-0.39, 0.29) is 25.9 Å². The molecule has 0 aromatic heterocycles. The third-order valence-electron chi connectivity index (χ3n) is 4.59. The van der Waals surface area contributed by atoms with E-state index in [1.165, 1.54) is 14.0 Å². The fraction of sp³-hybridized carbons (Fsp3) is 0.792. The summed E-state index contributed by atoms with van der Waals surface area (Å²) in [6.45, 7) is 12.4. The van der Waals surface area contributed by atoms with Crippen molar-refractivity contribution in [2.75, 3.05) is 20.2 Å². The largest absolute Gasteiger partial charge is 0.467 e. The van der Waals surface area contributed by atoms with Crippen LogP contribution in [0, 0.1) is 0 Å². The Labute approximate surface area is 219 Å². The van der Waals surface area contributed by atoms with Crippen molar-refractivity contribution in [3.63, 3.8) is 0 Å². The predicted octanol–water partition coefficient (Wildman–Crippen LogP) is 1.09. The van der Waals surface area contributed by atoms with Gasteiger partial charge in [0.2, 0.25) is 11.8 Å². The molecule has 37 heavy (non-hydrogen) atoms. The predicted molar refractivity (Wildman–Crippen MR) is 136 cm³/mol. The third kappa shape index (κ3) is 17.1. The third-order valence-corrected chi connectivity index (χ3v) is 4.59. The van der Waals surface area contributed by atoms with Gasteiger partial charge in [0.1, 0.15) is 23.3 Å². The van der Waals surface area contributed by atoms with Gasteiger partial charge in [0.25, 0.3) is 0 Å². The zero-order valence-corrected chi connectivity index (χ0v) is 23.3. The molecule has 0 aromatic carbocycles. The Morgan fingerprint density at radius 1 is 0.757 bits per heavy atom.